The van der Waals surface area contributed by atoms with Gasteiger partial charge >= 0.3 is 12.1 Å². The zero-order chi connectivity index (χ0) is 35.1. The minimum atomic E-state index is -0.955. The van der Waals surface area contributed by atoms with Crippen LogP contribution in [0.25, 0.3) is 0 Å². The molecule has 0 bridgehead atoms. The summed E-state index contributed by atoms with van der Waals surface area (Å²) in [6.07, 6.45) is -0.411. The Morgan fingerprint density at radius 3 is 2.17 bits per heavy atom. The van der Waals surface area contributed by atoms with Crippen molar-refractivity contribution in [1.29, 1.82) is 0 Å². The topological polar surface area (TPSA) is 250 Å². The number of anilines is 1. The molecule has 0 unspecified atom stereocenters. The first-order chi connectivity index (χ1) is 22.2. The van der Waals surface area contributed by atoms with Crippen LogP contribution in [0.15, 0.2) is 24.3 Å². The summed E-state index contributed by atoms with van der Waals surface area (Å²) in [6.45, 7) is 3.28. The van der Waals surface area contributed by atoms with Crippen LogP contribution in [0, 0.1) is 5.92 Å². The minimum Gasteiger partial charge on any atom is -0.445 e. The molecule has 1 aliphatic rings. The molecule has 0 aliphatic carbocycles. The van der Waals surface area contributed by atoms with E-state index in [2.05, 4.69) is 16.0 Å². The van der Waals surface area contributed by atoms with Gasteiger partial charge in [0.05, 0.1) is 6.54 Å². The first-order valence-electron chi connectivity index (χ1n) is 15.1. The van der Waals surface area contributed by atoms with Crippen LogP contribution in [0.2, 0.25) is 0 Å². The van der Waals surface area contributed by atoms with Crippen molar-refractivity contribution >= 4 is 53.2 Å². The summed E-state index contributed by atoms with van der Waals surface area (Å²) in [7, 11) is 1.43. The van der Waals surface area contributed by atoms with Crippen LogP contribution >= 0.6 is 0 Å². The number of amides is 7. The second-order valence-electron chi connectivity index (χ2n) is 11.2. The molecule has 258 valence electrons. The van der Waals surface area contributed by atoms with Gasteiger partial charge in [0.15, 0.2) is 0 Å². The van der Waals surface area contributed by atoms with Crippen LogP contribution in [-0.4, -0.2) is 89.7 Å². The predicted octanol–water partition coefficient (Wildman–Crippen LogP) is -0.179. The molecule has 2 atom stereocenters. The number of nitrogens with zero attached hydrogens (tertiary/aromatic N) is 2. The summed E-state index contributed by atoms with van der Waals surface area (Å²) in [6, 6.07) is 4.66. The molecule has 1 saturated heterocycles. The molecule has 2 rings (SSSR count). The molecule has 47 heavy (non-hydrogen) atoms. The summed E-state index contributed by atoms with van der Waals surface area (Å²) >= 11 is 0. The lowest BCUT2D eigenvalue weighted by Crippen LogP contribution is -2.48. The molecule has 1 fully saturated rings. The zero-order valence-corrected chi connectivity index (χ0v) is 26.7. The molecule has 0 aromatic heterocycles. The highest BCUT2D eigenvalue weighted by molar-refractivity contribution is 6.01. The van der Waals surface area contributed by atoms with Gasteiger partial charge in [0, 0.05) is 38.4 Å². The molecule has 17 heteroatoms. The third-order valence-corrected chi connectivity index (χ3v) is 6.99. The van der Waals surface area contributed by atoms with E-state index < -0.39 is 66.1 Å². The number of carbonyl (C=O) groups excluding carboxylic acids is 8. The molecule has 0 saturated carbocycles. The maximum atomic E-state index is 13.0. The summed E-state index contributed by atoms with van der Waals surface area (Å²) in [4.78, 5) is 102. The van der Waals surface area contributed by atoms with E-state index in [1.165, 1.54) is 7.05 Å². The Morgan fingerprint density at radius 2 is 1.60 bits per heavy atom. The molecule has 1 aromatic carbocycles. The lowest BCUT2D eigenvalue weighted by atomic mass is 10.0. The number of ether oxygens (including phenoxy) is 1. The van der Waals surface area contributed by atoms with Gasteiger partial charge in [-0.05, 0) is 49.4 Å². The van der Waals surface area contributed by atoms with Crippen LogP contribution < -0.4 is 27.4 Å². The van der Waals surface area contributed by atoms with Crippen LogP contribution in [0.5, 0.6) is 0 Å². The van der Waals surface area contributed by atoms with Crippen molar-refractivity contribution in [3.05, 3.63) is 29.8 Å². The van der Waals surface area contributed by atoms with Gasteiger partial charge in [-0.15, -0.1) is 5.06 Å². The number of carbonyl (C=O) groups is 8. The van der Waals surface area contributed by atoms with E-state index in [-0.39, 0.29) is 57.6 Å². The summed E-state index contributed by atoms with van der Waals surface area (Å²) in [5, 5.41) is 8.10. The summed E-state index contributed by atoms with van der Waals surface area (Å²) < 4.78 is 5.28. The molecule has 17 nitrogen and oxygen atoms in total. The first kappa shape index (κ1) is 38.1. The third-order valence-electron chi connectivity index (χ3n) is 6.99. The van der Waals surface area contributed by atoms with E-state index in [4.69, 9.17) is 21.0 Å². The molecule has 7 amide bonds. The molecule has 1 heterocycles. The predicted molar refractivity (Wildman–Crippen MR) is 165 cm³/mol. The second-order valence-corrected chi connectivity index (χ2v) is 11.2. The molecular formula is C30H43N7O10. The average Bonchev–Trinajstić information content (AvgIpc) is 3.33. The van der Waals surface area contributed by atoms with Gasteiger partial charge < -0.3 is 37.0 Å². The molecule has 1 aliphatic heterocycles. The average molecular weight is 662 g/mol. The second kappa shape index (κ2) is 18.8. The van der Waals surface area contributed by atoms with E-state index in [1.807, 2.05) is 0 Å². The standard InChI is InChI=1S/C30H43N7O10/c1-18(2)27(28(32)43)36(3)30(45)46-17-19-9-11-20(12-10-19)34-29(44)21(6-5-15-31)35-23(39)16-33-22(38)7-4-8-26(42)47-37-24(40)13-14-25(37)41/h9-12,18,21,27H,4-8,13-17,31H2,1-3H3,(H2,32,43)(H,33,38)(H,34,44)(H,35,39)/t21-,27-/m0/s1. The Kier molecular flexibility index (Phi) is 15.2. The number of likely N-dealkylation sites (N-methyl/N-ethyl adjacent to an activating group) is 1. The fraction of sp³-hybridized carbons (Fsp3) is 0.533. The van der Waals surface area contributed by atoms with Crippen molar-refractivity contribution in [3.8, 4) is 0 Å². The largest absolute Gasteiger partial charge is 0.445 e. The highest BCUT2D eigenvalue weighted by Gasteiger charge is 2.33. The fourth-order valence-corrected chi connectivity index (χ4v) is 4.54. The Labute approximate surface area is 272 Å². The van der Waals surface area contributed by atoms with Gasteiger partial charge in [-0.2, -0.15) is 0 Å². The van der Waals surface area contributed by atoms with Crippen LogP contribution in [0.1, 0.15) is 64.4 Å². The quantitative estimate of drug-likeness (QED) is 0.129. The van der Waals surface area contributed by atoms with E-state index in [0.29, 0.717) is 22.7 Å². The SMILES string of the molecule is CC(C)[C@@H](C(N)=O)N(C)C(=O)OCc1ccc(NC(=O)[C@H](CCCN)NC(=O)CNC(=O)CCCC(=O)ON2C(=O)CCC2=O)cc1. The van der Waals surface area contributed by atoms with Crippen LogP contribution in [-0.2, 0) is 49.7 Å². The van der Waals surface area contributed by atoms with Crippen molar-refractivity contribution in [3.63, 3.8) is 0 Å². The number of hydrogen-bond acceptors (Lipinski definition) is 11. The van der Waals surface area contributed by atoms with Gasteiger partial charge in [0.25, 0.3) is 11.8 Å². The van der Waals surface area contributed by atoms with Gasteiger partial charge in [-0.3, -0.25) is 33.7 Å². The lowest BCUT2D eigenvalue weighted by Gasteiger charge is -2.27. The van der Waals surface area contributed by atoms with E-state index in [0.717, 1.165) is 4.90 Å². The number of rotatable bonds is 18. The van der Waals surface area contributed by atoms with E-state index in [9.17, 15) is 38.4 Å². The molecule has 7 N–H and O–H groups in total. The third kappa shape index (κ3) is 12.7. The first-order valence-corrected chi connectivity index (χ1v) is 15.1. The number of nitrogens with one attached hydrogen (secondary N) is 3. The van der Waals surface area contributed by atoms with E-state index in [1.54, 1.807) is 38.1 Å². The number of nitrogens with two attached hydrogens (primary N) is 2. The number of primary amides is 1. The highest BCUT2D eigenvalue weighted by atomic mass is 16.7. The number of hydrogen-bond donors (Lipinski definition) is 5. The van der Waals surface area contributed by atoms with Gasteiger partial charge in [0.1, 0.15) is 18.7 Å². The number of hydroxylamine groups is 2. The van der Waals surface area contributed by atoms with Crippen molar-refractivity contribution in [1.82, 2.24) is 20.6 Å². The summed E-state index contributed by atoms with van der Waals surface area (Å²) in [5.41, 5.74) is 12.0. The molecule has 1 aromatic rings. The zero-order valence-electron chi connectivity index (χ0n) is 26.7. The van der Waals surface area contributed by atoms with Crippen molar-refractivity contribution in [2.75, 3.05) is 25.5 Å². The molecular weight excluding hydrogens is 618 g/mol. The van der Waals surface area contributed by atoms with Gasteiger partial charge in [-0.1, -0.05) is 26.0 Å². The molecule has 0 spiro atoms. The maximum Gasteiger partial charge on any atom is 0.410 e. The van der Waals surface area contributed by atoms with Gasteiger partial charge in [0.2, 0.25) is 23.6 Å². The Morgan fingerprint density at radius 1 is 0.957 bits per heavy atom. The van der Waals surface area contributed by atoms with E-state index >= 15 is 0 Å². The Balaban J connectivity index is 1.79. The highest BCUT2D eigenvalue weighted by Crippen LogP contribution is 2.15. The monoisotopic (exact) mass is 661 g/mol. The Hall–Kier alpha value is -5.06. The normalized spacial score (nSPS) is 13.9. The van der Waals surface area contributed by atoms with Gasteiger partial charge in [-0.25, -0.2) is 9.59 Å². The van der Waals surface area contributed by atoms with Crippen LogP contribution in [0.4, 0.5) is 10.5 Å². The van der Waals surface area contributed by atoms with Crippen LogP contribution in [0.3, 0.4) is 0 Å². The number of benzene rings is 1. The van der Waals surface area contributed by atoms with Crippen molar-refractivity contribution in [2.45, 2.75) is 77.5 Å². The van der Waals surface area contributed by atoms with Crippen molar-refractivity contribution in [2.24, 2.45) is 17.4 Å². The summed E-state index contributed by atoms with van der Waals surface area (Å²) in [5.74, 6) is -4.57. The lowest BCUT2D eigenvalue weighted by molar-refractivity contribution is -0.197. The fourth-order valence-electron chi connectivity index (χ4n) is 4.54. The number of imide groups is 1. The maximum absolute atomic E-state index is 13.0. The minimum absolute atomic E-state index is 0.0293. The van der Waals surface area contributed by atoms with Crippen molar-refractivity contribution < 1.29 is 47.9 Å². The smallest absolute Gasteiger partial charge is 0.410 e. The Bertz CT molecular complexity index is 1300. The molecule has 0 radical (unpaired) electrons.